The molecule has 68 valence electrons. The maximum Gasteiger partial charge on any atom is 0.0555 e. The van der Waals surface area contributed by atoms with Gasteiger partial charge in [-0.3, -0.25) is 0 Å². The fraction of sp³-hybridized carbons (Fsp3) is 0.556. The van der Waals surface area contributed by atoms with Gasteiger partial charge in [0.05, 0.1) is 6.10 Å². The van der Waals surface area contributed by atoms with Gasteiger partial charge in [-0.25, -0.2) is 0 Å². The number of nitrogens with two attached hydrogens (primary N) is 1. The molecule has 3 N–H and O–H groups in total. The summed E-state index contributed by atoms with van der Waals surface area (Å²) in [5.41, 5.74) is 5.32. The number of aliphatic hydroxyl groups excluding tert-OH is 1. The summed E-state index contributed by atoms with van der Waals surface area (Å²) in [7, 11) is 0. The topological polar surface area (TPSA) is 46.2 Å². The van der Waals surface area contributed by atoms with Crippen molar-refractivity contribution < 1.29 is 5.11 Å². The van der Waals surface area contributed by atoms with Crippen LogP contribution in [0.3, 0.4) is 0 Å². The highest BCUT2D eigenvalue weighted by Gasteiger charge is 2.03. The molecule has 1 aromatic heterocycles. The van der Waals surface area contributed by atoms with Gasteiger partial charge < -0.3 is 10.8 Å². The van der Waals surface area contributed by atoms with Crippen LogP contribution >= 0.6 is 11.3 Å². The average molecular weight is 185 g/mol. The van der Waals surface area contributed by atoms with E-state index in [0.29, 0.717) is 13.0 Å². The molecule has 0 aliphatic rings. The number of aliphatic hydroxyl groups is 1. The molecule has 0 radical (unpaired) electrons. The molecule has 0 aromatic carbocycles. The smallest absolute Gasteiger partial charge is 0.0555 e. The quantitative estimate of drug-likeness (QED) is 0.728. The van der Waals surface area contributed by atoms with E-state index < -0.39 is 0 Å². The molecule has 2 nitrogen and oxygen atoms in total. The molecule has 1 rings (SSSR count). The van der Waals surface area contributed by atoms with Crippen molar-refractivity contribution in [1.82, 2.24) is 0 Å². The van der Waals surface area contributed by atoms with Crippen LogP contribution in [0.4, 0.5) is 0 Å². The summed E-state index contributed by atoms with van der Waals surface area (Å²) in [6, 6.07) is 4.13. The first-order chi connectivity index (χ1) is 5.83. The maximum absolute atomic E-state index is 9.37. The zero-order chi connectivity index (χ0) is 8.81. The number of hydrogen-bond acceptors (Lipinski definition) is 3. The van der Waals surface area contributed by atoms with Gasteiger partial charge in [0.15, 0.2) is 0 Å². The Kier molecular flexibility index (Phi) is 4.29. The minimum Gasteiger partial charge on any atom is -0.393 e. The van der Waals surface area contributed by atoms with Crippen LogP contribution in [0.2, 0.25) is 0 Å². The van der Waals surface area contributed by atoms with Crippen molar-refractivity contribution in [2.24, 2.45) is 5.73 Å². The molecule has 0 aliphatic heterocycles. The number of rotatable bonds is 5. The number of thiophene rings is 1. The van der Waals surface area contributed by atoms with Crippen molar-refractivity contribution >= 4 is 11.3 Å². The van der Waals surface area contributed by atoms with E-state index in [9.17, 15) is 5.11 Å². The van der Waals surface area contributed by atoms with Gasteiger partial charge in [-0.15, -0.1) is 11.3 Å². The summed E-state index contributed by atoms with van der Waals surface area (Å²) in [6.45, 7) is 0.575. The molecule has 3 heteroatoms. The van der Waals surface area contributed by atoms with E-state index in [-0.39, 0.29) is 6.10 Å². The normalized spacial score (nSPS) is 13.2. The van der Waals surface area contributed by atoms with E-state index in [1.54, 1.807) is 11.3 Å². The van der Waals surface area contributed by atoms with Gasteiger partial charge in [0.25, 0.3) is 0 Å². The first kappa shape index (κ1) is 9.71. The zero-order valence-electron chi connectivity index (χ0n) is 7.07. The lowest BCUT2D eigenvalue weighted by Gasteiger charge is -2.06. The Morgan fingerprint density at radius 3 is 2.92 bits per heavy atom. The van der Waals surface area contributed by atoms with E-state index in [0.717, 1.165) is 12.8 Å². The lowest BCUT2D eigenvalue weighted by Crippen LogP contribution is -2.13. The summed E-state index contributed by atoms with van der Waals surface area (Å²) in [5.74, 6) is 0. The van der Waals surface area contributed by atoms with Crippen molar-refractivity contribution in [1.29, 1.82) is 0 Å². The summed E-state index contributed by atoms with van der Waals surface area (Å²) < 4.78 is 0. The van der Waals surface area contributed by atoms with Crippen molar-refractivity contribution in [3.05, 3.63) is 22.4 Å². The van der Waals surface area contributed by atoms with Crippen LogP contribution in [0.1, 0.15) is 17.7 Å². The maximum atomic E-state index is 9.37. The molecule has 1 unspecified atom stereocenters. The highest BCUT2D eigenvalue weighted by molar-refractivity contribution is 7.09. The molecule has 0 saturated carbocycles. The van der Waals surface area contributed by atoms with E-state index in [2.05, 4.69) is 11.4 Å². The van der Waals surface area contributed by atoms with Gasteiger partial charge in [0, 0.05) is 4.88 Å². The van der Waals surface area contributed by atoms with Crippen molar-refractivity contribution in [2.45, 2.75) is 25.4 Å². The molecule has 1 heterocycles. The predicted molar refractivity (Wildman–Crippen MR) is 52.3 cm³/mol. The zero-order valence-corrected chi connectivity index (χ0v) is 7.89. The molecule has 12 heavy (non-hydrogen) atoms. The molecule has 0 amide bonds. The molecule has 0 spiro atoms. The van der Waals surface area contributed by atoms with E-state index in [1.165, 1.54) is 4.88 Å². The fourth-order valence-electron chi connectivity index (χ4n) is 1.10. The summed E-state index contributed by atoms with van der Waals surface area (Å²) in [6.07, 6.45) is 2.29. The van der Waals surface area contributed by atoms with Gasteiger partial charge in [0.1, 0.15) is 0 Å². The second-order valence-electron chi connectivity index (χ2n) is 2.85. The summed E-state index contributed by atoms with van der Waals surface area (Å²) >= 11 is 1.74. The van der Waals surface area contributed by atoms with E-state index in [1.807, 2.05) is 6.07 Å². The Morgan fingerprint density at radius 1 is 1.50 bits per heavy atom. The van der Waals surface area contributed by atoms with Gasteiger partial charge >= 0.3 is 0 Å². The van der Waals surface area contributed by atoms with Crippen LogP contribution in [-0.4, -0.2) is 17.8 Å². The van der Waals surface area contributed by atoms with Crippen LogP contribution in [-0.2, 0) is 6.42 Å². The Morgan fingerprint density at radius 2 is 2.33 bits per heavy atom. The molecule has 1 atom stereocenters. The van der Waals surface area contributed by atoms with Crippen LogP contribution < -0.4 is 5.73 Å². The summed E-state index contributed by atoms with van der Waals surface area (Å²) in [5, 5.41) is 11.4. The van der Waals surface area contributed by atoms with Crippen LogP contribution in [0, 0.1) is 0 Å². The van der Waals surface area contributed by atoms with Crippen LogP contribution in [0.5, 0.6) is 0 Å². The third-order valence-corrected chi connectivity index (χ3v) is 2.74. The Labute approximate surface area is 77.0 Å². The Bertz CT molecular complexity index is 198. The van der Waals surface area contributed by atoms with Crippen molar-refractivity contribution in [3.63, 3.8) is 0 Å². The fourth-order valence-corrected chi connectivity index (χ4v) is 1.83. The molecule has 0 fully saturated rings. The minimum absolute atomic E-state index is 0.225. The Hall–Kier alpha value is -0.380. The molecule has 1 aromatic rings. The van der Waals surface area contributed by atoms with Gasteiger partial charge in [-0.1, -0.05) is 6.07 Å². The lowest BCUT2D eigenvalue weighted by molar-refractivity contribution is 0.158. The average Bonchev–Trinajstić information content (AvgIpc) is 2.53. The molecule has 0 aliphatic carbocycles. The van der Waals surface area contributed by atoms with Gasteiger partial charge in [0.2, 0.25) is 0 Å². The standard InChI is InChI=1S/C9H15NOS/c10-6-5-8(11)3-4-9-2-1-7-12-9/h1-2,7-8,11H,3-6,10H2. The highest BCUT2D eigenvalue weighted by atomic mass is 32.1. The third-order valence-electron chi connectivity index (χ3n) is 1.80. The molecular formula is C9H15NOS. The molecular weight excluding hydrogens is 170 g/mol. The predicted octanol–water partition coefficient (Wildman–Crippen LogP) is 1.39. The summed E-state index contributed by atoms with van der Waals surface area (Å²) in [4.78, 5) is 1.34. The number of hydrogen-bond donors (Lipinski definition) is 2. The molecule has 0 saturated heterocycles. The SMILES string of the molecule is NCCC(O)CCc1cccs1. The third kappa shape index (κ3) is 3.34. The van der Waals surface area contributed by atoms with Crippen molar-refractivity contribution in [3.8, 4) is 0 Å². The number of aryl methyl sites for hydroxylation is 1. The molecule has 0 bridgehead atoms. The highest BCUT2D eigenvalue weighted by Crippen LogP contribution is 2.12. The lowest BCUT2D eigenvalue weighted by atomic mass is 10.1. The van der Waals surface area contributed by atoms with E-state index >= 15 is 0 Å². The Balaban J connectivity index is 2.17. The second-order valence-corrected chi connectivity index (χ2v) is 3.88. The minimum atomic E-state index is -0.225. The van der Waals surface area contributed by atoms with Gasteiger partial charge in [-0.05, 0) is 37.3 Å². The van der Waals surface area contributed by atoms with Crippen molar-refractivity contribution in [2.75, 3.05) is 6.54 Å². The van der Waals surface area contributed by atoms with Gasteiger partial charge in [-0.2, -0.15) is 0 Å². The van der Waals surface area contributed by atoms with Crippen LogP contribution in [0.25, 0.3) is 0 Å². The van der Waals surface area contributed by atoms with Crippen LogP contribution in [0.15, 0.2) is 17.5 Å². The second kappa shape index (κ2) is 5.30. The monoisotopic (exact) mass is 185 g/mol. The van der Waals surface area contributed by atoms with E-state index in [4.69, 9.17) is 5.73 Å². The largest absolute Gasteiger partial charge is 0.393 e. The first-order valence-corrected chi connectivity index (χ1v) is 5.11. The first-order valence-electron chi connectivity index (χ1n) is 4.23.